The van der Waals surface area contributed by atoms with Crippen LogP contribution in [0.2, 0.25) is 0 Å². The largest absolute Gasteiger partial charge is 0.504 e. The minimum Gasteiger partial charge on any atom is -0.504 e. The first-order valence-electron chi connectivity index (χ1n) is 9.07. The van der Waals surface area contributed by atoms with E-state index in [9.17, 15) is 9.90 Å². The summed E-state index contributed by atoms with van der Waals surface area (Å²) >= 11 is 0. The van der Waals surface area contributed by atoms with Crippen LogP contribution in [0.4, 0.5) is 0 Å². The molecular formula is C24H15NO4. The van der Waals surface area contributed by atoms with Gasteiger partial charge in [0.1, 0.15) is 5.52 Å². The number of para-hydroxylation sites is 3. The van der Waals surface area contributed by atoms with Gasteiger partial charge < -0.3 is 13.9 Å². The lowest BCUT2D eigenvalue weighted by molar-refractivity contribution is 0.457. The van der Waals surface area contributed by atoms with Gasteiger partial charge in [0.05, 0.1) is 5.56 Å². The highest BCUT2D eigenvalue weighted by atomic mass is 16.4. The van der Waals surface area contributed by atoms with Crippen LogP contribution in [0.1, 0.15) is 11.1 Å². The highest BCUT2D eigenvalue weighted by molar-refractivity contribution is 5.85. The zero-order valence-corrected chi connectivity index (χ0v) is 15.2. The summed E-state index contributed by atoms with van der Waals surface area (Å²) in [6, 6.07) is 22.0. The van der Waals surface area contributed by atoms with Crippen molar-refractivity contribution >= 4 is 34.2 Å². The Morgan fingerprint density at radius 1 is 0.862 bits per heavy atom. The summed E-state index contributed by atoms with van der Waals surface area (Å²) in [5.74, 6) is 0.515. The van der Waals surface area contributed by atoms with Crippen LogP contribution in [0, 0.1) is 0 Å². The summed E-state index contributed by atoms with van der Waals surface area (Å²) < 4.78 is 11.0. The normalized spacial score (nSPS) is 11.6. The smallest absolute Gasteiger partial charge is 0.343 e. The maximum absolute atomic E-state index is 12.2. The number of nitrogens with zero attached hydrogens (tertiary/aromatic N) is 1. The molecule has 140 valence electrons. The second-order valence-corrected chi connectivity index (χ2v) is 6.63. The van der Waals surface area contributed by atoms with Gasteiger partial charge in [-0.15, -0.1) is 0 Å². The quantitative estimate of drug-likeness (QED) is 0.419. The molecule has 0 fully saturated rings. The van der Waals surface area contributed by atoms with Gasteiger partial charge in [-0.05, 0) is 48.0 Å². The van der Waals surface area contributed by atoms with Gasteiger partial charge >= 0.3 is 5.63 Å². The minimum atomic E-state index is -0.502. The number of aromatic hydroxyl groups is 1. The Kier molecular flexibility index (Phi) is 3.99. The zero-order chi connectivity index (χ0) is 19.8. The Bertz CT molecular complexity index is 1390. The van der Waals surface area contributed by atoms with E-state index in [-0.39, 0.29) is 11.3 Å². The number of rotatable bonds is 3. The molecule has 5 rings (SSSR count). The Labute approximate surface area is 165 Å². The molecule has 2 heterocycles. The number of hydrogen-bond acceptors (Lipinski definition) is 5. The molecule has 29 heavy (non-hydrogen) atoms. The fourth-order valence-corrected chi connectivity index (χ4v) is 3.18. The van der Waals surface area contributed by atoms with E-state index in [4.69, 9.17) is 8.83 Å². The van der Waals surface area contributed by atoms with Crippen LogP contribution in [0.5, 0.6) is 5.75 Å². The van der Waals surface area contributed by atoms with Gasteiger partial charge in [-0.2, -0.15) is 0 Å². The Morgan fingerprint density at radius 2 is 1.69 bits per heavy atom. The third-order valence-corrected chi connectivity index (χ3v) is 4.67. The van der Waals surface area contributed by atoms with Crippen molar-refractivity contribution in [2.24, 2.45) is 0 Å². The van der Waals surface area contributed by atoms with Crippen molar-refractivity contribution in [1.29, 1.82) is 0 Å². The third kappa shape index (κ3) is 3.19. The molecule has 0 aliphatic carbocycles. The fraction of sp³-hybridized carbons (Fsp3) is 0. The molecule has 0 radical (unpaired) electrons. The number of hydrogen-bond donors (Lipinski definition) is 1. The van der Waals surface area contributed by atoms with Gasteiger partial charge in [0, 0.05) is 10.9 Å². The van der Waals surface area contributed by atoms with Gasteiger partial charge in [-0.25, -0.2) is 9.78 Å². The van der Waals surface area contributed by atoms with Crippen molar-refractivity contribution in [3.05, 3.63) is 94.3 Å². The Hall–Kier alpha value is -4.12. The van der Waals surface area contributed by atoms with Crippen molar-refractivity contribution in [3.63, 3.8) is 0 Å². The van der Waals surface area contributed by atoms with E-state index in [1.165, 1.54) is 6.07 Å². The van der Waals surface area contributed by atoms with Gasteiger partial charge in [0.25, 0.3) is 0 Å². The number of oxazole rings is 1. The van der Waals surface area contributed by atoms with Crippen LogP contribution in [-0.4, -0.2) is 10.1 Å². The van der Waals surface area contributed by atoms with E-state index < -0.39 is 5.63 Å². The lowest BCUT2D eigenvalue weighted by atomic mass is 10.1. The Morgan fingerprint density at radius 3 is 2.52 bits per heavy atom. The molecule has 2 aromatic heterocycles. The second-order valence-electron chi connectivity index (χ2n) is 6.63. The number of aromatic nitrogens is 1. The molecule has 0 aliphatic rings. The number of fused-ring (bicyclic) bond motifs is 2. The first kappa shape index (κ1) is 17.0. The summed E-state index contributed by atoms with van der Waals surface area (Å²) in [5.41, 5.74) is 3.46. The topological polar surface area (TPSA) is 76.5 Å². The molecule has 0 amide bonds. The van der Waals surface area contributed by atoms with E-state index in [0.717, 1.165) is 22.2 Å². The highest BCUT2D eigenvalue weighted by Crippen LogP contribution is 2.25. The van der Waals surface area contributed by atoms with Crippen LogP contribution in [0.3, 0.4) is 0 Å². The van der Waals surface area contributed by atoms with Crippen molar-refractivity contribution in [2.45, 2.75) is 0 Å². The second kappa shape index (κ2) is 6.80. The molecule has 0 saturated carbocycles. The summed E-state index contributed by atoms with van der Waals surface area (Å²) in [6.07, 6.45) is 3.53. The molecular weight excluding hydrogens is 366 g/mol. The van der Waals surface area contributed by atoms with E-state index in [2.05, 4.69) is 4.98 Å². The molecule has 5 nitrogen and oxygen atoms in total. The molecule has 0 unspecified atom stereocenters. The maximum atomic E-state index is 12.2. The standard InChI is InChI=1S/C24H15NO4/c26-20-6-3-4-17-14-18(24(27)29-22(17)20)13-10-15-8-11-16(12-9-15)23-25-19-5-1-2-7-21(19)28-23/h1-14,26H/b13-10+. The molecule has 0 atom stereocenters. The molecule has 1 N–H and O–H groups in total. The van der Waals surface area contributed by atoms with Crippen molar-refractivity contribution in [3.8, 4) is 17.2 Å². The molecule has 5 aromatic rings. The maximum Gasteiger partial charge on any atom is 0.343 e. The first-order valence-corrected chi connectivity index (χ1v) is 9.07. The van der Waals surface area contributed by atoms with Crippen LogP contribution in [0.25, 0.3) is 45.7 Å². The van der Waals surface area contributed by atoms with Gasteiger partial charge in [0.15, 0.2) is 16.9 Å². The molecule has 5 heteroatoms. The van der Waals surface area contributed by atoms with Gasteiger partial charge in [0.2, 0.25) is 5.89 Å². The SMILES string of the molecule is O=c1oc2c(O)cccc2cc1/C=C/c1ccc(-c2nc3ccccc3o2)cc1. The summed E-state index contributed by atoms with van der Waals surface area (Å²) in [5, 5.41) is 10.5. The van der Waals surface area contributed by atoms with Crippen molar-refractivity contribution < 1.29 is 13.9 Å². The number of benzene rings is 3. The molecule has 0 bridgehead atoms. The molecule has 0 spiro atoms. The van der Waals surface area contributed by atoms with Crippen LogP contribution < -0.4 is 5.63 Å². The monoisotopic (exact) mass is 381 g/mol. The van der Waals surface area contributed by atoms with Crippen LogP contribution in [-0.2, 0) is 0 Å². The third-order valence-electron chi connectivity index (χ3n) is 4.67. The molecule has 0 aliphatic heterocycles. The average molecular weight is 381 g/mol. The highest BCUT2D eigenvalue weighted by Gasteiger charge is 2.08. The summed E-state index contributed by atoms with van der Waals surface area (Å²) in [6.45, 7) is 0. The zero-order valence-electron chi connectivity index (χ0n) is 15.2. The fourth-order valence-electron chi connectivity index (χ4n) is 3.18. The molecule has 3 aromatic carbocycles. The van der Waals surface area contributed by atoms with E-state index >= 15 is 0 Å². The summed E-state index contributed by atoms with van der Waals surface area (Å²) in [7, 11) is 0. The van der Waals surface area contributed by atoms with Gasteiger partial charge in [-0.1, -0.05) is 42.5 Å². The number of phenols is 1. The Balaban J connectivity index is 1.43. The van der Waals surface area contributed by atoms with Crippen LogP contribution >= 0.6 is 0 Å². The first-order chi connectivity index (χ1) is 14.2. The van der Waals surface area contributed by atoms with E-state index in [1.54, 1.807) is 24.3 Å². The number of phenolic OH excluding ortho intramolecular Hbond substituents is 1. The van der Waals surface area contributed by atoms with Gasteiger partial charge in [-0.3, -0.25) is 0 Å². The minimum absolute atomic E-state index is 0.0510. The predicted octanol–water partition coefficient (Wildman–Crippen LogP) is 5.48. The van der Waals surface area contributed by atoms with Crippen molar-refractivity contribution in [1.82, 2.24) is 4.98 Å². The van der Waals surface area contributed by atoms with Crippen LogP contribution in [0.15, 0.2) is 86.4 Å². The van der Waals surface area contributed by atoms with Crippen molar-refractivity contribution in [2.75, 3.05) is 0 Å². The predicted molar refractivity (Wildman–Crippen MR) is 113 cm³/mol. The van der Waals surface area contributed by atoms with E-state index in [1.807, 2.05) is 54.6 Å². The lowest BCUT2D eigenvalue weighted by Gasteiger charge is -2.00. The average Bonchev–Trinajstić information content (AvgIpc) is 3.18. The lowest BCUT2D eigenvalue weighted by Crippen LogP contribution is -2.02. The summed E-state index contributed by atoms with van der Waals surface area (Å²) in [4.78, 5) is 16.7. The van der Waals surface area contributed by atoms with E-state index in [0.29, 0.717) is 16.8 Å². The molecule has 0 saturated heterocycles.